The molecule has 1 aromatic rings. The molecule has 0 radical (unpaired) electrons. The Kier molecular flexibility index (Phi) is 5.77. The second-order valence-corrected chi connectivity index (χ2v) is 7.77. The van der Waals surface area contributed by atoms with Crippen molar-refractivity contribution in [3.63, 3.8) is 0 Å². The first-order valence-corrected chi connectivity index (χ1v) is 9.42. The first kappa shape index (κ1) is 20.7. The van der Waals surface area contributed by atoms with Gasteiger partial charge in [-0.3, -0.25) is 4.79 Å². The van der Waals surface area contributed by atoms with Gasteiger partial charge in [-0.1, -0.05) is 44.2 Å². The van der Waals surface area contributed by atoms with Crippen molar-refractivity contribution in [1.82, 2.24) is 5.32 Å². The molecule has 0 aliphatic carbocycles. The van der Waals surface area contributed by atoms with Gasteiger partial charge in [0.25, 0.3) is 0 Å². The van der Waals surface area contributed by atoms with E-state index in [1.807, 2.05) is 30.3 Å². The zero-order valence-electron chi connectivity index (χ0n) is 16.0. The van der Waals surface area contributed by atoms with E-state index in [1.54, 1.807) is 6.92 Å². The van der Waals surface area contributed by atoms with Gasteiger partial charge in [0, 0.05) is 0 Å². The van der Waals surface area contributed by atoms with E-state index < -0.39 is 47.7 Å². The lowest BCUT2D eigenvalue weighted by atomic mass is 9.72. The molecule has 28 heavy (non-hydrogen) atoms. The largest absolute Gasteiger partial charge is 0.457 e. The normalized spacial score (nSPS) is 33.9. The summed E-state index contributed by atoms with van der Waals surface area (Å²) < 4.78 is 10.9. The van der Waals surface area contributed by atoms with E-state index in [-0.39, 0.29) is 18.9 Å². The van der Waals surface area contributed by atoms with Gasteiger partial charge in [-0.15, -0.1) is 0 Å². The average molecular weight is 393 g/mol. The van der Waals surface area contributed by atoms with Crippen molar-refractivity contribution < 1.29 is 34.4 Å². The molecular formula is C20H27NO7. The van der Waals surface area contributed by atoms with Crippen LogP contribution in [-0.2, 0) is 25.7 Å². The molecule has 0 bridgehead atoms. The van der Waals surface area contributed by atoms with Crippen LogP contribution in [0, 0.1) is 11.8 Å². The van der Waals surface area contributed by atoms with Gasteiger partial charge in [0.05, 0.1) is 31.8 Å². The summed E-state index contributed by atoms with van der Waals surface area (Å²) >= 11 is 0. The lowest BCUT2D eigenvalue weighted by Crippen LogP contribution is -2.64. The number of esters is 1. The minimum absolute atomic E-state index is 0.0764. The number of carbonyl (C=O) groups excluding carboxylic acids is 2. The van der Waals surface area contributed by atoms with Crippen molar-refractivity contribution in [3.8, 4) is 0 Å². The third-order valence-corrected chi connectivity index (χ3v) is 6.04. The predicted molar refractivity (Wildman–Crippen MR) is 97.8 cm³/mol. The Balaban J connectivity index is 1.62. The maximum absolute atomic E-state index is 12.4. The predicted octanol–water partition coefficient (Wildman–Crippen LogP) is -0.256. The number of nitrogens with one attached hydrogen (secondary N) is 1. The van der Waals surface area contributed by atoms with Gasteiger partial charge >= 0.3 is 5.97 Å². The summed E-state index contributed by atoms with van der Waals surface area (Å²) in [6.07, 6.45) is -1.76. The summed E-state index contributed by atoms with van der Waals surface area (Å²) in [6, 6.07) is 9.55. The van der Waals surface area contributed by atoms with Gasteiger partial charge in [-0.2, -0.15) is 0 Å². The molecule has 8 nitrogen and oxygen atoms in total. The van der Waals surface area contributed by atoms with Crippen LogP contribution in [0.15, 0.2) is 30.3 Å². The summed E-state index contributed by atoms with van der Waals surface area (Å²) in [4.78, 5) is 24.4. The zero-order valence-corrected chi connectivity index (χ0v) is 16.0. The minimum atomic E-state index is -1.88. The Bertz CT molecular complexity index is 727. The lowest BCUT2D eigenvalue weighted by molar-refractivity contribution is -0.150. The fourth-order valence-electron chi connectivity index (χ4n) is 4.07. The highest BCUT2D eigenvalue weighted by Crippen LogP contribution is 2.48. The molecule has 0 unspecified atom stereocenters. The molecule has 2 aliphatic heterocycles. The highest BCUT2D eigenvalue weighted by molar-refractivity contribution is 5.98. The highest BCUT2D eigenvalue weighted by atomic mass is 16.6. The van der Waals surface area contributed by atoms with Crippen LogP contribution in [-0.4, -0.2) is 63.8 Å². The van der Waals surface area contributed by atoms with Gasteiger partial charge in [-0.05, 0) is 17.9 Å². The fraction of sp³-hybridized carbons (Fsp3) is 0.600. The van der Waals surface area contributed by atoms with E-state index in [9.17, 15) is 24.9 Å². The van der Waals surface area contributed by atoms with Gasteiger partial charge in [0.2, 0.25) is 5.91 Å². The number of aliphatic hydroxyl groups is 3. The smallest absolute Gasteiger partial charge is 0.337 e. The molecular weight excluding hydrogens is 366 g/mol. The van der Waals surface area contributed by atoms with Gasteiger partial charge in [0.1, 0.15) is 11.7 Å². The number of hydrogen-bond acceptors (Lipinski definition) is 7. The lowest BCUT2D eigenvalue weighted by Gasteiger charge is -2.35. The van der Waals surface area contributed by atoms with Crippen LogP contribution in [0.4, 0.5) is 0 Å². The van der Waals surface area contributed by atoms with E-state index in [1.165, 1.54) is 6.92 Å². The summed E-state index contributed by atoms with van der Waals surface area (Å²) in [7, 11) is 0. The Labute approximate surface area is 163 Å². The van der Waals surface area contributed by atoms with Crippen molar-refractivity contribution in [3.05, 3.63) is 35.9 Å². The number of benzene rings is 1. The van der Waals surface area contributed by atoms with E-state index >= 15 is 0 Å². The molecule has 0 saturated carbocycles. The van der Waals surface area contributed by atoms with Crippen LogP contribution in [0.1, 0.15) is 25.8 Å². The van der Waals surface area contributed by atoms with Crippen LogP contribution in [0.5, 0.6) is 0 Å². The zero-order chi connectivity index (χ0) is 20.5. The second-order valence-electron chi connectivity index (χ2n) is 7.77. The van der Waals surface area contributed by atoms with Crippen LogP contribution >= 0.6 is 0 Å². The molecule has 1 amide bonds. The second kappa shape index (κ2) is 7.79. The molecule has 2 heterocycles. The van der Waals surface area contributed by atoms with Crippen LogP contribution in [0.3, 0.4) is 0 Å². The number of ether oxygens (including phenoxy) is 2. The highest BCUT2D eigenvalue weighted by Gasteiger charge is 2.75. The van der Waals surface area contributed by atoms with Gasteiger partial charge < -0.3 is 30.1 Å². The van der Waals surface area contributed by atoms with Crippen LogP contribution < -0.4 is 5.32 Å². The molecule has 4 N–H and O–H groups in total. The van der Waals surface area contributed by atoms with Crippen LogP contribution in [0.2, 0.25) is 0 Å². The summed E-state index contributed by atoms with van der Waals surface area (Å²) in [5.41, 5.74) is -2.75. The van der Waals surface area contributed by atoms with E-state index in [2.05, 4.69) is 5.32 Å². The first-order chi connectivity index (χ1) is 13.3. The maximum atomic E-state index is 12.4. The number of amides is 1. The molecule has 3 rings (SSSR count). The molecule has 2 saturated heterocycles. The number of aliphatic hydroxyl groups excluding tert-OH is 2. The fourth-order valence-corrected chi connectivity index (χ4v) is 4.07. The van der Waals surface area contributed by atoms with E-state index in [0.29, 0.717) is 6.61 Å². The number of hydrogen-bond donors (Lipinski definition) is 4. The van der Waals surface area contributed by atoms with Crippen LogP contribution in [0.25, 0.3) is 0 Å². The minimum Gasteiger partial charge on any atom is -0.457 e. The van der Waals surface area contributed by atoms with Gasteiger partial charge in [-0.25, -0.2) is 4.79 Å². The third-order valence-electron chi connectivity index (χ3n) is 6.04. The topological polar surface area (TPSA) is 125 Å². The molecule has 6 atom stereocenters. The molecule has 0 aromatic heterocycles. The Morgan fingerprint density at radius 1 is 1.29 bits per heavy atom. The Morgan fingerprint density at radius 2 is 1.96 bits per heavy atom. The van der Waals surface area contributed by atoms with Crippen molar-refractivity contribution in [2.45, 2.75) is 50.2 Å². The summed E-state index contributed by atoms with van der Waals surface area (Å²) in [5, 5.41) is 33.8. The molecule has 154 valence electrons. The van der Waals surface area contributed by atoms with Crippen molar-refractivity contribution >= 4 is 11.9 Å². The molecule has 0 spiro atoms. The number of carbonyl (C=O) groups is 2. The average Bonchev–Trinajstić information content (AvgIpc) is 3.02. The first-order valence-electron chi connectivity index (χ1n) is 9.42. The van der Waals surface area contributed by atoms with Crippen molar-refractivity contribution in [1.29, 1.82) is 0 Å². The third kappa shape index (κ3) is 3.20. The monoisotopic (exact) mass is 393 g/mol. The van der Waals surface area contributed by atoms with Gasteiger partial charge in [0.15, 0.2) is 5.54 Å². The quantitative estimate of drug-likeness (QED) is 0.449. The Morgan fingerprint density at radius 3 is 2.61 bits per heavy atom. The molecule has 8 heteroatoms. The van der Waals surface area contributed by atoms with Crippen molar-refractivity contribution in [2.75, 3.05) is 13.2 Å². The number of rotatable bonds is 8. The number of cyclic esters (lactones) is 1. The standard InChI is InChI=1S/C20H27NO7/c1-12(15(23)10-27-9-14-6-4-3-5-7-14)8-16-20(26)13(2)17(24)21-19(20,11-22)18(25)28-16/h3-7,12-13,15-16,22-23,26H,8-11H2,1-2H3,(H,21,24)/t12-,13+,15+,16+,19-,20-/m1/s1. The van der Waals surface area contributed by atoms with E-state index in [0.717, 1.165) is 5.56 Å². The SMILES string of the molecule is C[C@H](C[C@@H]1OC(=O)[C@@]2(CO)NC(=O)[C@H](C)[C@@]12O)[C@@H](O)COCc1ccccc1. The maximum Gasteiger partial charge on any atom is 0.337 e. The molecule has 1 aromatic carbocycles. The summed E-state index contributed by atoms with van der Waals surface area (Å²) in [5.74, 6) is -2.69. The Hall–Kier alpha value is -2.00. The van der Waals surface area contributed by atoms with E-state index in [4.69, 9.17) is 9.47 Å². The molecule has 2 aliphatic rings. The number of fused-ring (bicyclic) bond motifs is 1. The molecule has 2 fully saturated rings. The van der Waals surface area contributed by atoms with Crippen molar-refractivity contribution in [2.24, 2.45) is 11.8 Å². The summed E-state index contributed by atoms with van der Waals surface area (Å²) in [6.45, 7) is 2.92.